The van der Waals surface area contributed by atoms with Gasteiger partial charge < -0.3 is 19.0 Å². The van der Waals surface area contributed by atoms with Crippen molar-refractivity contribution in [3.05, 3.63) is 53.5 Å². The standard InChI is InChI=1S/C21H26N2O4/c1-15(2)17-14-16(7-8-18(17)26-3)20(24)22-9-5-10-23(12-11-22)21(25)19-6-4-13-27-19/h4,6-8,13-15H,5,9-12H2,1-3H3. The van der Waals surface area contributed by atoms with Gasteiger partial charge in [-0.2, -0.15) is 0 Å². The first-order valence-electron chi connectivity index (χ1n) is 9.31. The summed E-state index contributed by atoms with van der Waals surface area (Å²) in [7, 11) is 1.64. The molecule has 0 N–H and O–H groups in total. The lowest BCUT2D eigenvalue weighted by Crippen LogP contribution is -2.37. The zero-order chi connectivity index (χ0) is 19.4. The summed E-state index contributed by atoms with van der Waals surface area (Å²) in [5.74, 6) is 1.27. The molecule has 144 valence electrons. The molecule has 27 heavy (non-hydrogen) atoms. The largest absolute Gasteiger partial charge is 0.496 e. The van der Waals surface area contributed by atoms with Crippen molar-refractivity contribution in [1.29, 1.82) is 0 Å². The first kappa shape index (κ1) is 19.0. The molecule has 0 bridgehead atoms. The molecule has 0 spiro atoms. The number of nitrogens with zero attached hydrogens (tertiary/aromatic N) is 2. The maximum atomic E-state index is 13.0. The van der Waals surface area contributed by atoms with Crippen LogP contribution in [0.5, 0.6) is 5.75 Å². The highest BCUT2D eigenvalue weighted by Gasteiger charge is 2.25. The molecule has 0 unspecified atom stereocenters. The fraction of sp³-hybridized carbons (Fsp3) is 0.429. The molecule has 6 nitrogen and oxygen atoms in total. The van der Waals surface area contributed by atoms with Gasteiger partial charge in [-0.15, -0.1) is 0 Å². The molecule has 1 aliphatic heterocycles. The van der Waals surface area contributed by atoms with Crippen LogP contribution in [0.3, 0.4) is 0 Å². The van der Waals surface area contributed by atoms with Crippen LogP contribution >= 0.6 is 0 Å². The van der Waals surface area contributed by atoms with E-state index in [0.29, 0.717) is 37.5 Å². The number of furan rings is 1. The summed E-state index contributed by atoms with van der Waals surface area (Å²) >= 11 is 0. The van der Waals surface area contributed by atoms with Crippen molar-refractivity contribution < 1.29 is 18.7 Å². The Hall–Kier alpha value is -2.76. The third kappa shape index (κ3) is 4.15. The zero-order valence-electron chi connectivity index (χ0n) is 16.1. The summed E-state index contributed by atoms with van der Waals surface area (Å²) in [6.45, 7) is 6.41. The average molecular weight is 370 g/mol. The molecule has 0 saturated carbocycles. The van der Waals surface area contributed by atoms with Crippen molar-refractivity contribution in [2.75, 3.05) is 33.3 Å². The van der Waals surface area contributed by atoms with Crippen molar-refractivity contribution in [2.24, 2.45) is 0 Å². The Balaban J connectivity index is 1.71. The maximum absolute atomic E-state index is 13.0. The fourth-order valence-corrected chi connectivity index (χ4v) is 3.38. The summed E-state index contributed by atoms with van der Waals surface area (Å²) in [4.78, 5) is 29.0. The zero-order valence-corrected chi connectivity index (χ0v) is 16.1. The number of methoxy groups -OCH3 is 1. The van der Waals surface area contributed by atoms with E-state index in [2.05, 4.69) is 13.8 Å². The highest BCUT2D eigenvalue weighted by atomic mass is 16.5. The third-order valence-electron chi connectivity index (χ3n) is 4.90. The lowest BCUT2D eigenvalue weighted by atomic mass is 9.99. The summed E-state index contributed by atoms with van der Waals surface area (Å²) in [6.07, 6.45) is 2.24. The van der Waals surface area contributed by atoms with Crippen LogP contribution in [-0.4, -0.2) is 54.9 Å². The number of hydrogen-bond acceptors (Lipinski definition) is 4. The Labute approximate surface area is 159 Å². The van der Waals surface area contributed by atoms with E-state index >= 15 is 0 Å². The number of benzene rings is 1. The van der Waals surface area contributed by atoms with Crippen LogP contribution < -0.4 is 4.74 Å². The lowest BCUT2D eigenvalue weighted by Gasteiger charge is -2.22. The van der Waals surface area contributed by atoms with E-state index in [1.54, 1.807) is 24.1 Å². The Morgan fingerprint density at radius 3 is 2.33 bits per heavy atom. The third-order valence-corrected chi connectivity index (χ3v) is 4.90. The summed E-state index contributed by atoms with van der Waals surface area (Å²) in [5, 5.41) is 0. The number of carbonyl (C=O) groups excluding carboxylic acids is 2. The first-order valence-corrected chi connectivity index (χ1v) is 9.31. The van der Waals surface area contributed by atoms with Gasteiger partial charge >= 0.3 is 0 Å². The van der Waals surface area contributed by atoms with Crippen molar-refractivity contribution >= 4 is 11.8 Å². The Bertz CT molecular complexity index is 799. The summed E-state index contributed by atoms with van der Waals surface area (Å²) in [5.41, 5.74) is 1.68. The number of rotatable bonds is 4. The van der Waals surface area contributed by atoms with Gasteiger partial charge in [0, 0.05) is 31.7 Å². The minimum atomic E-state index is -0.124. The van der Waals surface area contributed by atoms with Crippen LogP contribution in [0.2, 0.25) is 0 Å². The SMILES string of the molecule is COc1ccc(C(=O)N2CCCN(C(=O)c3ccco3)CC2)cc1C(C)C. The molecule has 6 heteroatoms. The van der Waals surface area contributed by atoms with Gasteiger partial charge in [-0.25, -0.2) is 0 Å². The molecule has 1 saturated heterocycles. The maximum Gasteiger partial charge on any atom is 0.289 e. The van der Waals surface area contributed by atoms with E-state index in [1.165, 1.54) is 6.26 Å². The molecular formula is C21H26N2O4. The summed E-state index contributed by atoms with van der Waals surface area (Å²) < 4.78 is 10.6. The number of hydrogen-bond donors (Lipinski definition) is 0. The molecule has 0 radical (unpaired) electrons. The van der Waals surface area contributed by atoms with E-state index < -0.39 is 0 Å². The molecule has 2 heterocycles. The number of amides is 2. The van der Waals surface area contributed by atoms with Gasteiger partial charge in [0.1, 0.15) is 5.75 Å². The summed E-state index contributed by atoms with van der Waals surface area (Å²) in [6, 6.07) is 8.96. The van der Waals surface area contributed by atoms with Gasteiger partial charge in [0.15, 0.2) is 5.76 Å². The van der Waals surface area contributed by atoms with E-state index in [4.69, 9.17) is 9.15 Å². The van der Waals surface area contributed by atoms with Crippen molar-refractivity contribution in [3.8, 4) is 5.75 Å². The van der Waals surface area contributed by atoms with E-state index in [9.17, 15) is 9.59 Å². The molecule has 0 atom stereocenters. The van der Waals surface area contributed by atoms with E-state index in [1.807, 2.05) is 23.1 Å². The average Bonchev–Trinajstić information content (AvgIpc) is 3.11. The molecule has 1 aromatic carbocycles. The predicted octanol–water partition coefficient (Wildman–Crippen LogP) is 3.40. The minimum absolute atomic E-state index is 0.00755. The van der Waals surface area contributed by atoms with Crippen LogP contribution in [0, 0.1) is 0 Å². The quantitative estimate of drug-likeness (QED) is 0.827. The molecule has 1 aliphatic rings. The first-order chi connectivity index (χ1) is 13.0. The molecule has 3 rings (SSSR count). The predicted molar refractivity (Wildman–Crippen MR) is 102 cm³/mol. The second-order valence-corrected chi connectivity index (χ2v) is 7.03. The second-order valence-electron chi connectivity index (χ2n) is 7.03. The van der Waals surface area contributed by atoms with Crippen LogP contribution in [0.1, 0.15) is 52.7 Å². The van der Waals surface area contributed by atoms with Gasteiger partial charge in [-0.05, 0) is 48.2 Å². The lowest BCUT2D eigenvalue weighted by molar-refractivity contribution is 0.0700. The molecule has 2 amide bonds. The van der Waals surface area contributed by atoms with Crippen LogP contribution in [0.4, 0.5) is 0 Å². The van der Waals surface area contributed by atoms with Gasteiger partial charge in [0.25, 0.3) is 11.8 Å². The monoisotopic (exact) mass is 370 g/mol. The molecule has 0 aliphatic carbocycles. The fourth-order valence-electron chi connectivity index (χ4n) is 3.38. The smallest absolute Gasteiger partial charge is 0.289 e. The molecule has 2 aromatic rings. The van der Waals surface area contributed by atoms with Crippen molar-refractivity contribution in [1.82, 2.24) is 9.80 Å². The highest BCUT2D eigenvalue weighted by Crippen LogP contribution is 2.28. The van der Waals surface area contributed by atoms with Gasteiger partial charge in [-0.1, -0.05) is 13.8 Å². The van der Waals surface area contributed by atoms with Gasteiger partial charge in [0.2, 0.25) is 0 Å². The highest BCUT2D eigenvalue weighted by molar-refractivity contribution is 5.95. The van der Waals surface area contributed by atoms with E-state index in [-0.39, 0.29) is 17.7 Å². The van der Waals surface area contributed by atoms with Gasteiger partial charge in [0.05, 0.1) is 13.4 Å². The second kappa shape index (κ2) is 8.29. The van der Waals surface area contributed by atoms with Crippen LogP contribution in [-0.2, 0) is 0 Å². The molecule has 1 fully saturated rings. The molecule has 1 aromatic heterocycles. The normalized spacial score (nSPS) is 15.0. The van der Waals surface area contributed by atoms with E-state index in [0.717, 1.165) is 17.7 Å². The topological polar surface area (TPSA) is 63.0 Å². The Morgan fingerprint density at radius 2 is 1.74 bits per heavy atom. The van der Waals surface area contributed by atoms with Crippen molar-refractivity contribution in [3.63, 3.8) is 0 Å². The number of ether oxygens (including phenoxy) is 1. The van der Waals surface area contributed by atoms with Crippen LogP contribution in [0.25, 0.3) is 0 Å². The Kier molecular flexibility index (Phi) is 5.84. The van der Waals surface area contributed by atoms with Crippen molar-refractivity contribution in [2.45, 2.75) is 26.2 Å². The Morgan fingerprint density at radius 1 is 1.04 bits per heavy atom. The van der Waals surface area contributed by atoms with Gasteiger partial charge in [-0.3, -0.25) is 9.59 Å². The number of carbonyl (C=O) groups is 2. The van der Waals surface area contributed by atoms with Crippen LogP contribution in [0.15, 0.2) is 41.0 Å². The minimum Gasteiger partial charge on any atom is -0.496 e. The molecular weight excluding hydrogens is 344 g/mol.